The predicted molar refractivity (Wildman–Crippen MR) is 82.9 cm³/mol. The van der Waals surface area contributed by atoms with Gasteiger partial charge in [-0.3, -0.25) is 0 Å². The van der Waals surface area contributed by atoms with Gasteiger partial charge in [-0.1, -0.05) is 40.7 Å². The molecule has 1 aliphatic heterocycles. The van der Waals surface area contributed by atoms with Gasteiger partial charge in [-0.05, 0) is 12.0 Å². The molecule has 0 radical (unpaired) electrons. The van der Waals surface area contributed by atoms with Crippen LogP contribution in [0.25, 0.3) is 11.5 Å². The van der Waals surface area contributed by atoms with Crippen LogP contribution >= 0.6 is 0 Å². The van der Waals surface area contributed by atoms with Crippen molar-refractivity contribution in [1.82, 2.24) is 25.1 Å². The fourth-order valence-corrected chi connectivity index (χ4v) is 2.50. The second-order valence-corrected chi connectivity index (χ2v) is 5.60. The predicted octanol–water partition coefficient (Wildman–Crippen LogP) is 1.68. The molecule has 1 aromatic carbocycles. The van der Waals surface area contributed by atoms with Gasteiger partial charge in [-0.15, -0.1) is 5.10 Å². The fourth-order valence-electron chi connectivity index (χ4n) is 2.50. The third-order valence-electron chi connectivity index (χ3n) is 3.75. The Morgan fingerprint density at radius 3 is 3.00 bits per heavy atom. The lowest BCUT2D eigenvalue weighted by Gasteiger charge is -2.05. The van der Waals surface area contributed by atoms with Crippen molar-refractivity contribution in [3.05, 3.63) is 48.0 Å². The summed E-state index contributed by atoms with van der Waals surface area (Å²) < 4.78 is 17.9. The minimum absolute atomic E-state index is 0.104. The Morgan fingerprint density at radius 2 is 2.17 bits per heavy atom. The zero-order valence-corrected chi connectivity index (χ0v) is 13.0. The van der Waals surface area contributed by atoms with E-state index in [1.165, 1.54) is 0 Å². The second kappa shape index (κ2) is 6.90. The SMILES string of the molecule is c1ccc(Cn2cc(-c3noc(COC4CCOC4)n3)nn2)cc1. The minimum Gasteiger partial charge on any atom is -0.379 e. The van der Waals surface area contributed by atoms with Crippen LogP contribution in [0, 0.1) is 0 Å². The van der Waals surface area contributed by atoms with Crippen molar-refractivity contribution in [3.63, 3.8) is 0 Å². The molecule has 1 saturated heterocycles. The van der Waals surface area contributed by atoms with Crippen molar-refractivity contribution >= 4 is 0 Å². The minimum atomic E-state index is 0.104. The van der Waals surface area contributed by atoms with Gasteiger partial charge in [-0.2, -0.15) is 4.98 Å². The van der Waals surface area contributed by atoms with Crippen LogP contribution in [0.2, 0.25) is 0 Å². The summed E-state index contributed by atoms with van der Waals surface area (Å²) in [7, 11) is 0. The second-order valence-electron chi connectivity index (χ2n) is 5.60. The Kier molecular flexibility index (Phi) is 4.30. The molecule has 1 unspecified atom stereocenters. The maximum Gasteiger partial charge on any atom is 0.253 e. The molecule has 0 amide bonds. The van der Waals surface area contributed by atoms with Crippen molar-refractivity contribution in [1.29, 1.82) is 0 Å². The molecule has 3 heterocycles. The van der Waals surface area contributed by atoms with Gasteiger partial charge in [0, 0.05) is 6.61 Å². The summed E-state index contributed by atoms with van der Waals surface area (Å²) >= 11 is 0. The van der Waals surface area contributed by atoms with Crippen molar-refractivity contribution in [2.24, 2.45) is 0 Å². The first-order valence-corrected chi connectivity index (χ1v) is 7.83. The highest BCUT2D eigenvalue weighted by atomic mass is 16.6. The summed E-state index contributed by atoms with van der Waals surface area (Å²) in [6.07, 6.45) is 2.80. The van der Waals surface area contributed by atoms with Crippen molar-refractivity contribution in [3.8, 4) is 11.5 Å². The number of hydrogen-bond donors (Lipinski definition) is 0. The van der Waals surface area contributed by atoms with Crippen LogP contribution in [0.4, 0.5) is 0 Å². The normalized spacial score (nSPS) is 17.4. The number of nitrogens with zero attached hydrogens (tertiary/aromatic N) is 5. The van der Waals surface area contributed by atoms with E-state index < -0.39 is 0 Å². The van der Waals surface area contributed by atoms with E-state index in [4.69, 9.17) is 14.0 Å². The average Bonchev–Trinajstić information content (AvgIpc) is 3.35. The molecule has 1 atom stereocenters. The first-order chi connectivity index (χ1) is 11.9. The highest BCUT2D eigenvalue weighted by Crippen LogP contribution is 2.15. The summed E-state index contributed by atoms with van der Waals surface area (Å²) in [5, 5.41) is 12.1. The van der Waals surface area contributed by atoms with Crippen LogP contribution in [0.15, 0.2) is 41.1 Å². The first kappa shape index (κ1) is 15.0. The summed E-state index contributed by atoms with van der Waals surface area (Å²) in [6, 6.07) is 10.1. The molecular weight excluding hydrogens is 310 g/mol. The molecule has 8 nitrogen and oxygen atoms in total. The van der Waals surface area contributed by atoms with E-state index in [1.807, 2.05) is 30.3 Å². The molecule has 0 saturated carbocycles. The molecule has 124 valence electrons. The average molecular weight is 327 g/mol. The lowest BCUT2D eigenvalue weighted by molar-refractivity contribution is 0.0191. The van der Waals surface area contributed by atoms with E-state index in [0.717, 1.165) is 18.6 Å². The van der Waals surface area contributed by atoms with Crippen LogP contribution in [0.3, 0.4) is 0 Å². The number of ether oxygens (including phenoxy) is 2. The van der Waals surface area contributed by atoms with Gasteiger partial charge in [0.15, 0.2) is 5.69 Å². The maximum atomic E-state index is 5.66. The number of rotatable bonds is 6. The Morgan fingerprint density at radius 1 is 1.25 bits per heavy atom. The quantitative estimate of drug-likeness (QED) is 0.680. The summed E-state index contributed by atoms with van der Waals surface area (Å²) in [5.41, 5.74) is 1.72. The molecule has 0 N–H and O–H groups in total. The van der Waals surface area contributed by atoms with E-state index >= 15 is 0 Å². The lowest BCUT2D eigenvalue weighted by Crippen LogP contribution is -2.11. The fraction of sp³-hybridized carbons (Fsp3) is 0.375. The number of benzene rings is 1. The molecule has 8 heteroatoms. The van der Waals surface area contributed by atoms with Gasteiger partial charge < -0.3 is 14.0 Å². The van der Waals surface area contributed by atoms with E-state index in [-0.39, 0.29) is 12.7 Å². The van der Waals surface area contributed by atoms with Crippen molar-refractivity contribution in [2.45, 2.75) is 25.7 Å². The highest BCUT2D eigenvalue weighted by molar-refractivity contribution is 5.45. The van der Waals surface area contributed by atoms with Crippen LogP contribution in [-0.4, -0.2) is 44.5 Å². The Labute approximate surface area is 138 Å². The Balaban J connectivity index is 1.39. The van der Waals surface area contributed by atoms with Crippen LogP contribution in [0.1, 0.15) is 17.9 Å². The smallest absolute Gasteiger partial charge is 0.253 e. The van der Waals surface area contributed by atoms with Gasteiger partial charge in [0.2, 0.25) is 5.82 Å². The maximum absolute atomic E-state index is 5.66. The Hall–Kier alpha value is -2.58. The van der Waals surface area contributed by atoms with Gasteiger partial charge >= 0.3 is 0 Å². The zero-order valence-electron chi connectivity index (χ0n) is 13.0. The molecule has 0 bridgehead atoms. The van der Waals surface area contributed by atoms with E-state index in [2.05, 4.69) is 20.5 Å². The zero-order chi connectivity index (χ0) is 16.2. The first-order valence-electron chi connectivity index (χ1n) is 7.83. The molecule has 0 spiro atoms. The molecule has 0 aliphatic carbocycles. The van der Waals surface area contributed by atoms with E-state index in [0.29, 0.717) is 30.6 Å². The van der Waals surface area contributed by atoms with Gasteiger partial charge in [0.1, 0.15) is 6.61 Å². The molecular formula is C16H17N5O3. The lowest BCUT2D eigenvalue weighted by atomic mass is 10.2. The van der Waals surface area contributed by atoms with Gasteiger partial charge in [0.05, 0.1) is 25.5 Å². The molecule has 3 aromatic rings. The standard InChI is InChI=1S/C16H17N5O3/c1-2-4-12(5-3-1)8-21-9-14(18-20-21)16-17-15(24-19-16)11-23-13-6-7-22-10-13/h1-5,9,13H,6-8,10-11H2. The summed E-state index contributed by atoms with van der Waals surface area (Å²) in [6.45, 7) is 2.28. The van der Waals surface area contributed by atoms with Crippen LogP contribution < -0.4 is 0 Å². The molecule has 2 aromatic heterocycles. The molecule has 1 aliphatic rings. The van der Waals surface area contributed by atoms with E-state index in [1.54, 1.807) is 10.9 Å². The monoisotopic (exact) mass is 327 g/mol. The summed E-state index contributed by atoms with van der Waals surface area (Å²) in [4.78, 5) is 4.30. The number of hydrogen-bond acceptors (Lipinski definition) is 7. The third kappa shape index (κ3) is 3.50. The van der Waals surface area contributed by atoms with Crippen LogP contribution in [0.5, 0.6) is 0 Å². The molecule has 4 rings (SSSR count). The summed E-state index contributed by atoms with van der Waals surface area (Å²) in [5.74, 6) is 0.838. The van der Waals surface area contributed by atoms with Crippen molar-refractivity contribution < 1.29 is 14.0 Å². The van der Waals surface area contributed by atoms with Gasteiger partial charge in [0.25, 0.3) is 5.89 Å². The highest BCUT2D eigenvalue weighted by Gasteiger charge is 2.18. The topological polar surface area (TPSA) is 88.1 Å². The number of aromatic nitrogens is 5. The Bertz CT molecular complexity index is 780. The largest absolute Gasteiger partial charge is 0.379 e. The van der Waals surface area contributed by atoms with E-state index in [9.17, 15) is 0 Å². The van der Waals surface area contributed by atoms with Crippen LogP contribution in [-0.2, 0) is 22.6 Å². The van der Waals surface area contributed by atoms with Crippen molar-refractivity contribution in [2.75, 3.05) is 13.2 Å². The van der Waals surface area contributed by atoms with Gasteiger partial charge in [-0.25, -0.2) is 4.68 Å². The third-order valence-corrected chi connectivity index (χ3v) is 3.75. The molecule has 1 fully saturated rings. The molecule has 24 heavy (non-hydrogen) atoms.